The molecule has 0 aromatic rings. The van der Waals surface area contributed by atoms with Gasteiger partial charge in [-0.2, -0.15) is 0 Å². The molecule has 0 spiro atoms. The molecular weight excluding hydrogens is 418 g/mol. The van der Waals surface area contributed by atoms with Crippen LogP contribution in [-0.2, 0) is 47.0 Å². The highest BCUT2D eigenvalue weighted by Crippen LogP contribution is 2.34. The van der Waals surface area contributed by atoms with E-state index >= 15 is 0 Å². The fraction of sp³-hybridized carbons (Fsp3) is 0.733. The third kappa shape index (κ3) is 8.02. The van der Waals surface area contributed by atoms with Gasteiger partial charge in [0, 0.05) is 44.7 Å². The molecule has 0 aromatic carbocycles. The Balaban J connectivity index is 3.36. The number of esters is 3. The molecule has 1 aliphatic rings. The highest BCUT2D eigenvalue weighted by molar-refractivity contribution is 8.72. The van der Waals surface area contributed by atoms with E-state index in [-0.39, 0.29) is 0 Å². The van der Waals surface area contributed by atoms with Gasteiger partial charge in [-0.3, -0.25) is 19.2 Å². The van der Waals surface area contributed by atoms with Gasteiger partial charge >= 0.3 is 17.9 Å². The van der Waals surface area contributed by atoms with Gasteiger partial charge < -0.3 is 24.3 Å². The Kier molecular flexibility index (Phi) is 8.70. The summed E-state index contributed by atoms with van der Waals surface area (Å²) in [4.78, 5) is 46.0. The maximum atomic E-state index is 11.8. The molecule has 1 rings (SSSR count). The van der Waals surface area contributed by atoms with E-state index in [1.165, 1.54) is 6.92 Å². The average Bonchev–Trinajstić information content (AvgIpc) is 2.48. The molecule has 1 aliphatic heterocycles. The van der Waals surface area contributed by atoms with Crippen molar-refractivity contribution in [2.24, 2.45) is 0 Å². The Morgan fingerprint density at radius 3 is 1.93 bits per heavy atom. The van der Waals surface area contributed by atoms with E-state index in [4.69, 9.17) is 18.9 Å². The Hall–Kier alpha value is -1.86. The van der Waals surface area contributed by atoms with Crippen molar-refractivity contribution in [1.29, 1.82) is 0 Å². The van der Waals surface area contributed by atoms with Crippen molar-refractivity contribution < 1.29 is 46.5 Å². The van der Waals surface area contributed by atoms with Crippen LogP contribution in [0.15, 0.2) is 0 Å². The quantitative estimate of drug-likeness (QED) is 0.304. The fourth-order valence-corrected chi connectivity index (χ4v) is 4.95. The summed E-state index contributed by atoms with van der Waals surface area (Å²) in [6.07, 6.45) is -2.74. The molecule has 1 saturated heterocycles. The van der Waals surface area contributed by atoms with E-state index < -0.39 is 69.1 Å². The van der Waals surface area contributed by atoms with Crippen LogP contribution in [0.1, 0.15) is 27.7 Å². The zero-order valence-corrected chi connectivity index (χ0v) is 17.6. The van der Waals surface area contributed by atoms with E-state index in [0.29, 0.717) is 10.8 Å². The van der Waals surface area contributed by atoms with Gasteiger partial charge in [-0.05, 0) is 0 Å². The molecule has 28 heavy (non-hydrogen) atoms. The van der Waals surface area contributed by atoms with Crippen LogP contribution < -0.4 is 5.32 Å². The van der Waals surface area contributed by atoms with Gasteiger partial charge in [0.15, 0.2) is 12.2 Å². The van der Waals surface area contributed by atoms with Gasteiger partial charge in [0.2, 0.25) is 14.8 Å². The van der Waals surface area contributed by atoms with Crippen molar-refractivity contribution in [3.63, 3.8) is 0 Å². The number of hydrogen-bond donors (Lipinski definition) is 1. The van der Waals surface area contributed by atoms with Crippen LogP contribution in [0, 0.1) is 0 Å². The lowest BCUT2D eigenvalue weighted by Crippen LogP contribution is -2.65. The van der Waals surface area contributed by atoms with Crippen molar-refractivity contribution in [3.8, 4) is 0 Å². The molecule has 1 heterocycles. The summed E-state index contributed by atoms with van der Waals surface area (Å²) >= 11 is 0. The smallest absolute Gasteiger partial charge is 0.303 e. The first-order valence-electron chi connectivity index (χ1n) is 8.08. The first-order chi connectivity index (χ1) is 12.8. The van der Waals surface area contributed by atoms with E-state index in [9.17, 15) is 27.6 Å². The summed E-state index contributed by atoms with van der Waals surface area (Å²) in [5.41, 5.74) is -1.23. The highest BCUT2D eigenvalue weighted by Gasteiger charge is 2.51. The lowest BCUT2D eigenvalue weighted by molar-refractivity contribution is -0.211. The Bertz CT molecular complexity index is 722. The van der Waals surface area contributed by atoms with E-state index in [1.807, 2.05) is 0 Å². The number of rotatable bonds is 7. The molecule has 0 aromatic heterocycles. The standard InChI is InChI=1S/C15H23NO10S2/c1-7(17)16-12-14(25-10(4)20)13(24-9(3)19)11(6-23-8(2)18)26-15(12)27-28(5,21)22/h11-15H,6H2,1-5H3,(H,16,17)/t11-,12-,13-,14-,15+/m1/s1. The molecule has 0 unspecified atom stereocenters. The normalized spacial score (nSPS) is 27.4. The van der Waals surface area contributed by atoms with Crippen LogP contribution >= 0.6 is 10.8 Å². The van der Waals surface area contributed by atoms with Crippen LogP contribution in [0.5, 0.6) is 0 Å². The van der Waals surface area contributed by atoms with Crippen LogP contribution in [0.2, 0.25) is 0 Å². The highest BCUT2D eigenvalue weighted by atomic mass is 33.1. The number of nitrogens with one attached hydrogen (secondary N) is 1. The summed E-state index contributed by atoms with van der Waals surface area (Å²) in [6, 6.07) is -1.15. The van der Waals surface area contributed by atoms with Gasteiger partial charge in [-0.1, -0.05) is 0 Å². The first-order valence-corrected chi connectivity index (χ1v) is 11.4. The number of amides is 1. The fourth-order valence-electron chi connectivity index (χ4n) is 2.55. The average molecular weight is 441 g/mol. The summed E-state index contributed by atoms with van der Waals surface area (Å²) in [5.74, 6) is -2.70. The SMILES string of the molecule is CC(=O)N[C@@H]1[C@@H](OC(C)=O)[C@H](OC(C)=O)[C@@H](COC(C)=O)O[C@H]1SS(C)(=O)=O. The number of carbonyl (C=O) groups is 4. The van der Waals surface area contributed by atoms with Gasteiger partial charge in [0.1, 0.15) is 24.2 Å². The van der Waals surface area contributed by atoms with Crippen molar-refractivity contribution in [3.05, 3.63) is 0 Å². The second-order valence-corrected chi connectivity index (χ2v) is 10.5. The predicted octanol–water partition coefficient (Wildman–Crippen LogP) is -0.665. The van der Waals surface area contributed by atoms with Crippen molar-refractivity contribution >= 4 is 43.5 Å². The predicted molar refractivity (Wildman–Crippen MR) is 96.4 cm³/mol. The van der Waals surface area contributed by atoms with Crippen LogP contribution in [0.4, 0.5) is 0 Å². The molecule has 1 N–H and O–H groups in total. The minimum absolute atomic E-state index is 0.381. The van der Waals surface area contributed by atoms with Crippen molar-refractivity contribution in [1.82, 2.24) is 5.32 Å². The second kappa shape index (κ2) is 10.1. The third-order valence-electron chi connectivity index (χ3n) is 3.34. The van der Waals surface area contributed by atoms with E-state index in [2.05, 4.69) is 5.32 Å². The van der Waals surface area contributed by atoms with Gasteiger partial charge in [0.25, 0.3) is 0 Å². The molecule has 13 heteroatoms. The number of carbonyl (C=O) groups excluding carboxylic acids is 4. The minimum atomic E-state index is -3.66. The Labute approximate surface area is 166 Å². The van der Waals surface area contributed by atoms with Crippen LogP contribution in [0.3, 0.4) is 0 Å². The van der Waals surface area contributed by atoms with Crippen LogP contribution in [0.25, 0.3) is 0 Å². The second-order valence-electron chi connectivity index (χ2n) is 6.02. The molecule has 5 atom stereocenters. The summed E-state index contributed by atoms with van der Waals surface area (Å²) in [5, 5.41) is 2.47. The molecule has 0 bridgehead atoms. The largest absolute Gasteiger partial charge is 0.463 e. The maximum absolute atomic E-state index is 11.8. The molecule has 0 aliphatic carbocycles. The lowest BCUT2D eigenvalue weighted by atomic mass is 9.97. The Morgan fingerprint density at radius 1 is 0.964 bits per heavy atom. The van der Waals surface area contributed by atoms with Gasteiger partial charge in [-0.25, -0.2) is 8.42 Å². The third-order valence-corrected chi connectivity index (χ3v) is 5.90. The zero-order chi connectivity index (χ0) is 21.6. The summed E-state index contributed by atoms with van der Waals surface area (Å²) in [7, 11) is -3.27. The van der Waals surface area contributed by atoms with Gasteiger partial charge in [-0.15, -0.1) is 0 Å². The van der Waals surface area contributed by atoms with Crippen molar-refractivity contribution in [2.75, 3.05) is 12.9 Å². The monoisotopic (exact) mass is 441 g/mol. The summed E-state index contributed by atoms with van der Waals surface area (Å²) in [6.45, 7) is 4.15. The topological polar surface area (TPSA) is 151 Å². The molecule has 0 saturated carbocycles. The number of ether oxygens (including phenoxy) is 4. The Morgan fingerprint density at radius 2 is 1.50 bits per heavy atom. The van der Waals surface area contributed by atoms with Gasteiger partial charge in [0.05, 0.1) is 0 Å². The molecule has 0 radical (unpaired) electrons. The number of hydrogen-bond acceptors (Lipinski definition) is 11. The molecular formula is C15H23NO10S2. The zero-order valence-electron chi connectivity index (χ0n) is 16.0. The minimum Gasteiger partial charge on any atom is -0.463 e. The van der Waals surface area contributed by atoms with Crippen molar-refractivity contribution in [2.45, 2.75) is 57.5 Å². The van der Waals surface area contributed by atoms with E-state index in [0.717, 1.165) is 27.0 Å². The molecule has 1 fully saturated rings. The molecule has 11 nitrogen and oxygen atoms in total. The van der Waals surface area contributed by atoms with E-state index in [1.54, 1.807) is 0 Å². The van der Waals surface area contributed by atoms with Crippen LogP contribution in [-0.4, -0.2) is 74.9 Å². The molecule has 1 amide bonds. The summed E-state index contributed by atoms with van der Waals surface area (Å²) < 4.78 is 44.6. The molecule has 160 valence electrons. The lowest BCUT2D eigenvalue weighted by Gasteiger charge is -2.44. The first kappa shape index (κ1) is 24.2. The maximum Gasteiger partial charge on any atom is 0.303 e.